The molecule has 3 heterocycles. The first-order chi connectivity index (χ1) is 15.8. The number of aliphatic carboxylic acids is 1. The van der Waals surface area contributed by atoms with Crippen LogP contribution in [0.1, 0.15) is 30.5 Å². The van der Waals surface area contributed by atoms with Gasteiger partial charge in [-0.25, -0.2) is 4.98 Å². The fourth-order valence-corrected chi connectivity index (χ4v) is 5.88. The minimum atomic E-state index is -0.848. The van der Waals surface area contributed by atoms with Crippen LogP contribution in [-0.2, 0) is 17.6 Å². The molecule has 1 aliphatic heterocycles. The number of aryl methyl sites for hydroxylation is 1. The van der Waals surface area contributed by atoms with Crippen LogP contribution in [0.25, 0.3) is 32.2 Å². The van der Waals surface area contributed by atoms with E-state index in [-0.39, 0.29) is 6.42 Å². The van der Waals surface area contributed by atoms with Gasteiger partial charge < -0.3 is 14.7 Å². The van der Waals surface area contributed by atoms with Crippen molar-refractivity contribution in [3.8, 4) is 16.9 Å². The molecule has 2 aromatic carbocycles. The van der Waals surface area contributed by atoms with Crippen molar-refractivity contribution < 1.29 is 14.6 Å². The Balaban J connectivity index is 1.82. The first-order valence-electron chi connectivity index (χ1n) is 11.2. The third-order valence-corrected chi connectivity index (χ3v) is 7.34. The smallest absolute Gasteiger partial charge is 0.307 e. The lowest BCUT2D eigenvalue weighted by Gasteiger charge is -2.21. The van der Waals surface area contributed by atoms with E-state index in [0.717, 1.165) is 67.2 Å². The standard InChI is InChI=1S/C26H27N3O3S/c1-14(2)13-29(4)26-28-19-11-15(3)18(12-21(30)31)23(25(19)33-26)17-5-6-20-22-16(8-10-32-20)7-9-27-24(17)22/h5-7,9,11,14H,8,10,12-13H2,1-4H3,(H,30,31). The van der Waals surface area contributed by atoms with Crippen molar-refractivity contribution in [3.63, 3.8) is 0 Å². The van der Waals surface area contributed by atoms with Crippen molar-refractivity contribution >= 4 is 43.6 Å². The first-order valence-corrected chi connectivity index (χ1v) is 12.0. The Labute approximate surface area is 196 Å². The molecule has 170 valence electrons. The molecule has 0 amide bonds. The SMILES string of the molecule is Cc1cc2nc(N(C)CC(C)C)sc2c(-c2ccc3c4c(ccnc24)CCO3)c1CC(=O)O. The molecule has 0 radical (unpaired) electrons. The van der Waals surface area contributed by atoms with Crippen LogP contribution >= 0.6 is 11.3 Å². The van der Waals surface area contributed by atoms with Gasteiger partial charge >= 0.3 is 5.97 Å². The summed E-state index contributed by atoms with van der Waals surface area (Å²) >= 11 is 1.62. The van der Waals surface area contributed by atoms with E-state index in [0.29, 0.717) is 12.5 Å². The topological polar surface area (TPSA) is 75.5 Å². The summed E-state index contributed by atoms with van der Waals surface area (Å²) in [7, 11) is 2.06. The van der Waals surface area contributed by atoms with Gasteiger partial charge in [0.1, 0.15) is 5.75 Å². The number of hydrogen-bond donors (Lipinski definition) is 1. The summed E-state index contributed by atoms with van der Waals surface area (Å²) < 4.78 is 6.92. The van der Waals surface area contributed by atoms with Gasteiger partial charge in [0.05, 0.1) is 28.8 Å². The highest BCUT2D eigenvalue weighted by Gasteiger charge is 2.24. The highest BCUT2D eigenvalue weighted by molar-refractivity contribution is 7.22. The quantitative estimate of drug-likeness (QED) is 0.410. The number of carboxylic acids is 1. The van der Waals surface area contributed by atoms with Crippen molar-refractivity contribution in [2.75, 3.05) is 25.1 Å². The molecule has 2 aromatic heterocycles. The lowest BCUT2D eigenvalue weighted by molar-refractivity contribution is -0.136. The number of benzene rings is 2. The van der Waals surface area contributed by atoms with Gasteiger partial charge in [-0.3, -0.25) is 9.78 Å². The van der Waals surface area contributed by atoms with Gasteiger partial charge in [-0.1, -0.05) is 25.2 Å². The largest absolute Gasteiger partial charge is 0.493 e. The molecule has 0 spiro atoms. The second-order valence-corrected chi connectivity index (χ2v) is 10.1. The maximum absolute atomic E-state index is 11.8. The molecule has 0 saturated heterocycles. The van der Waals surface area contributed by atoms with Gasteiger partial charge in [0.25, 0.3) is 0 Å². The molecular formula is C26H27N3O3S. The van der Waals surface area contributed by atoms with E-state index in [1.807, 2.05) is 37.4 Å². The molecular weight excluding hydrogens is 434 g/mol. The zero-order valence-electron chi connectivity index (χ0n) is 19.3. The van der Waals surface area contributed by atoms with Crippen LogP contribution in [-0.4, -0.2) is 41.2 Å². The van der Waals surface area contributed by atoms with E-state index in [4.69, 9.17) is 14.7 Å². The third-order valence-electron chi connectivity index (χ3n) is 6.13. The number of hydrogen-bond acceptors (Lipinski definition) is 6. The molecule has 1 aliphatic rings. The average molecular weight is 462 g/mol. The minimum absolute atomic E-state index is 0.0500. The highest BCUT2D eigenvalue weighted by Crippen LogP contribution is 2.44. The summed E-state index contributed by atoms with van der Waals surface area (Å²) in [6.45, 7) is 7.90. The van der Waals surface area contributed by atoms with E-state index >= 15 is 0 Å². The Bertz CT molecular complexity index is 1380. The Kier molecular flexibility index (Phi) is 5.44. The van der Waals surface area contributed by atoms with Crippen LogP contribution < -0.4 is 9.64 Å². The maximum Gasteiger partial charge on any atom is 0.307 e. The van der Waals surface area contributed by atoms with E-state index in [1.165, 1.54) is 5.56 Å². The number of ether oxygens (including phenoxy) is 1. The maximum atomic E-state index is 11.8. The number of fused-ring (bicyclic) bond motifs is 1. The summed E-state index contributed by atoms with van der Waals surface area (Å²) in [5, 5.41) is 11.7. The van der Waals surface area contributed by atoms with Gasteiger partial charge in [-0.15, -0.1) is 0 Å². The van der Waals surface area contributed by atoms with Crippen LogP contribution in [0.15, 0.2) is 30.5 Å². The van der Waals surface area contributed by atoms with E-state index in [1.54, 1.807) is 11.3 Å². The average Bonchev–Trinajstić information content (AvgIpc) is 3.18. The van der Waals surface area contributed by atoms with Gasteiger partial charge in [0, 0.05) is 42.7 Å². The molecule has 5 rings (SSSR count). The van der Waals surface area contributed by atoms with E-state index < -0.39 is 5.97 Å². The second-order valence-electron chi connectivity index (χ2n) is 9.14. The Morgan fingerprint density at radius 3 is 2.88 bits per heavy atom. The molecule has 7 heteroatoms. The number of carbonyl (C=O) groups is 1. The highest BCUT2D eigenvalue weighted by atomic mass is 32.1. The van der Waals surface area contributed by atoms with Crippen molar-refractivity contribution in [3.05, 3.63) is 47.2 Å². The van der Waals surface area contributed by atoms with Crippen molar-refractivity contribution in [2.24, 2.45) is 5.92 Å². The summed E-state index contributed by atoms with van der Waals surface area (Å²) in [5.74, 6) is 0.503. The van der Waals surface area contributed by atoms with E-state index in [9.17, 15) is 9.90 Å². The predicted octanol–water partition coefficient (Wildman–Crippen LogP) is 5.47. The van der Waals surface area contributed by atoms with Gasteiger partial charge in [-0.05, 0) is 53.8 Å². The van der Waals surface area contributed by atoms with Crippen molar-refractivity contribution in [1.82, 2.24) is 9.97 Å². The normalized spacial score (nSPS) is 13.0. The molecule has 33 heavy (non-hydrogen) atoms. The van der Waals surface area contributed by atoms with Crippen LogP contribution in [0.4, 0.5) is 5.13 Å². The third kappa shape index (κ3) is 3.80. The molecule has 0 unspecified atom stereocenters. The zero-order chi connectivity index (χ0) is 23.3. The lowest BCUT2D eigenvalue weighted by atomic mass is 9.90. The van der Waals surface area contributed by atoms with E-state index in [2.05, 4.69) is 25.8 Å². The summed E-state index contributed by atoms with van der Waals surface area (Å²) in [6, 6.07) is 8.08. The van der Waals surface area contributed by atoms with Gasteiger partial charge in [-0.2, -0.15) is 0 Å². The second kappa shape index (κ2) is 8.30. The van der Waals surface area contributed by atoms with Crippen LogP contribution in [0, 0.1) is 12.8 Å². The zero-order valence-corrected chi connectivity index (χ0v) is 20.1. The molecule has 0 bridgehead atoms. The molecule has 1 N–H and O–H groups in total. The molecule has 0 saturated carbocycles. The molecule has 0 aliphatic carbocycles. The van der Waals surface area contributed by atoms with Crippen molar-refractivity contribution in [2.45, 2.75) is 33.6 Å². The van der Waals surface area contributed by atoms with Crippen LogP contribution in [0.5, 0.6) is 5.75 Å². The molecule has 4 aromatic rings. The first kappa shape index (κ1) is 21.6. The van der Waals surface area contributed by atoms with Gasteiger partial charge in [0.2, 0.25) is 0 Å². The Hall–Kier alpha value is -3.19. The van der Waals surface area contributed by atoms with Crippen LogP contribution in [0.2, 0.25) is 0 Å². The number of thiazole rings is 1. The monoisotopic (exact) mass is 461 g/mol. The molecule has 0 atom stereocenters. The summed E-state index contributed by atoms with van der Waals surface area (Å²) in [5.41, 5.74) is 6.57. The molecule has 0 fully saturated rings. The number of rotatable bonds is 6. The summed E-state index contributed by atoms with van der Waals surface area (Å²) in [6.07, 6.45) is 2.63. The number of anilines is 1. The fraction of sp³-hybridized carbons (Fsp3) is 0.346. The number of carboxylic acid groups (broad SMARTS) is 1. The number of nitrogens with zero attached hydrogens (tertiary/aromatic N) is 3. The van der Waals surface area contributed by atoms with Crippen molar-refractivity contribution in [1.29, 1.82) is 0 Å². The fourth-order valence-electron chi connectivity index (χ4n) is 4.78. The predicted molar refractivity (Wildman–Crippen MR) is 134 cm³/mol. The lowest BCUT2D eigenvalue weighted by Crippen LogP contribution is -2.22. The number of pyridine rings is 1. The Morgan fingerprint density at radius 2 is 2.12 bits per heavy atom. The Morgan fingerprint density at radius 1 is 1.30 bits per heavy atom. The minimum Gasteiger partial charge on any atom is -0.493 e. The summed E-state index contributed by atoms with van der Waals surface area (Å²) in [4.78, 5) is 23.7. The van der Waals surface area contributed by atoms with Gasteiger partial charge in [0.15, 0.2) is 5.13 Å². The number of aromatic nitrogens is 2. The molecule has 6 nitrogen and oxygen atoms in total. The van der Waals surface area contributed by atoms with Crippen LogP contribution in [0.3, 0.4) is 0 Å².